The summed E-state index contributed by atoms with van der Waals surface area (Å²) in [6, 6.07) is 12.1. The monoisotopic (exact) mass is 470 g/mol. The first-order chi connectivity index (χ1) is 15.9. The van der Waals surface area contributed by atoms with Crippen LogP contribution in [-0.4, -0.2) is 48.5 Å². The fraction of sp³-hybridized carbons (Fsp3) is 0.304. The summed E-state index contributed by atoms with van der Waals surface area (Å²) in [5, 5.41) is 13.9. The van der Waals surface area contributed by atoms with E-state index in [1.54, 1.807) is 49.6 Å². The number of benzene rings is 2. The van der Waals surface area contributed by atoms with Crippen molar-refractivity contribution in [2.24, 2.45) is 5.92 Å². The number of thioether (sulfide) groups is 1. The molecule has 0 aliphatic rings. The second-order valence-corrected chi connectivity index (χ2v) is 8.35. The van der Waals surface area contributed by atoms with E-state index in [4.69, 9.17) is 13.9 Å². The molecule has 0 aliphatic carbocycles. The molecule has 174 valence electrons. The molecule has 0 bridgehead atoms. The predicted molar refractivity (Wildman–Crippen MR) is 126 cm³/mol. The van der Waals surface area contributed by atoms with Gasteiger partial charge in [0.25, 0.3) is 17.0 Å². The number of methoxy groups -OCH3 is 2. The van der Waals surface area contributed by atoms with Crippen molar-refractivity contribution >= 4 is 29.3 Å². The van der Waals surface area contributed by atoms with Gasteiger partial charge in [-0.05, 0) is 30.2 Å². The van der Waals surface area contributed by atoms with Crippen LogP contribution in [0.15, 0.2) is 52.1 Å². The lowest BCUT2D eigenvalue weighted by atomic mass is 10.1. The Labute approximate surface area is 196 Å². The van der Waals surface area contributed by atoms with Gasteiger partial charge >= 0.3 is 0 Å². The Morgan fingerprint density at radius 1 is 1.09 bits per heavy atom. The Morgan fingerprint density at radius 2 is 1.88 bits per heavy atom. The smallest absolute Gasteiger partial charge is 0.277 e. The lowest BCUT2D eigenvalue weighted by molar-refractivity contribution is -0.113. The van der Waals surface area contributed by atoms with Crippen molar-refractivity contribution in [3.05, 3.63) is 48.0 Å². The fourth-order valence-corrected chi connectivity index (χ4v) is 3.41. The molecule has 2 amide bonds. The predicted octanol–water partition coefficient (Wildman–Crippen LogP) is 3.87. The number of hydrogen-bond donors (Lipinski definition) is 2. The van der Waals surface area contributed by atoms with Crippen molar-refractivity contribution in [2.75, 3.05) is 31.8 Å². The zero-order valence-electron chi connectivity index (χ0n) is 18.9. The van der Waals surface area contributed by atoms with E-state index < -0.39 is 0 Å². The molecular formula is C23H26N4O5S. The number of aromatic nitrogens is 2. The number of carbonyl (C=O) groups is 2. The number of rotatable bonds is 10. The molecule has 1 aromatic heterocycles. The first kappa shape index (κ1) is 24.1. The van der Waals surface area contributed by atoms with E-state index in [1.807, 2.05) is 13.8 Å². The maximum atomic E-state index is 12.5. The number of ether oxygens (including phenoxy) is 2. The summed E-state index contributed by atoms with van der Waals surface area (Å²) < 4.78 is 16.2. The molecule has 0 saturated heterocycles. The topological polar surface area (TPSA) is 116 Å². The molecule has 2 N–H and O–H groups in total. The van der Waals surface area contributed by atoms with Gasteiger partial charge in [0.05, 0.1) is 36.8 Å². The first-order valence-corrected chi connectivity index (χ1v) is 11.3. The maximum Gasteiger partial charge on any atom is 0.277 e. The Hall–Kier alpha value is -3.53. The maximum absolute atomic E-state index is 12.5. The fourth-order valence-electron chi connectivity index (χ4n) is 2.85. The van der Waals surface area contributed by atoms with Gasteiger partial charge < -0.3 is 24.5 Å². The van der Waals surface area contributed by atoms with Crippen LogP contribution in [0.3, 0.4) is 0 Å². The highest BCUT2D eigenvalue weighted by Gasteiger charge is 2.17. The Balaban J connectivity index is 1.62. The molecule has 9 nitrogen and oxygen atoms in total. The van der Waals surface area contributed by atoms with Gasteiger partial charge in [0.15, 0.2) is 0 Å². The van der Waals surface area contributed by atoms with Crippen molar-refractivity contribution in [3.63, 3.8) is 0 Å². The van der Waals surface area contributed by atoms with Crippen LogP contribution in [0.25, 0.3) is 11.5 Å². The van der Waals surface area contributed by atoms with Crippen molar-refractivity contribution in [3.8, 4) is 23.0 Å². The van der Waals surface area contributed by atoms with Crippen LogP contribution in [0.4, 0.5) is 5.69 Å². The Kier molecular flexibility index (Phi) is 8.31. The number of para-hydroxylation sites is 1. The van der Waals surface area contributed by atoms with E-state index in [-0.39, 0.29) is 28.7 Å². The molecule has 0 aliphatic heterocycles. The van der Waals surface area contributed by atoms with E-state index in [1.165, 1.54) is 7.11 Å². The van der Waals surface area contributed by atoms with E-state index in [0.29, 0.717) is 40.8 Å². The van der Waals surface area contributed by atoms with Gasteiger partial charge in [-0.1, -0.05) is 37.7 Å². The summed E-state index contributed by atoms with van der Waals surface area (Å²) >= 11 is 1.09. The van der Waals surface area contributed by atoms with Crippen LogP contribution in [0.2, 0.25) is 0 Å². The van der Waals surface area contributed by atoms with Crippen molar-refractivity contribution in [2.45, 2.75) is 19.1 Å². The normalized spacial score (nSPS) is 10.7. The molecule has 1 heterocycles. The third-order valence-corrected chi connectivity index (χ3v) is 5.31. The van der Waals surface area contributed by atoms with Gasteiger partial charge in [-0.25, -0.2) is 0 Å². The van der Waals surface area contributed by atoms with Crippen LogP contribution < -0.4 is 20.1 Å². The summed E-state index contributed by atoms with van der Waals surface area (Å²) in [6.45, 7) is 4.58. The van der Waals surface area contributed by atoms with Gasteiger partial charge in [-0.2, -0.15) is 0 Å². The van der Waals surface area contributed by atoms with E-state index in [0.717, 1.165) is 11.8 Å². The average molecular weight is 471 g/mol. The van der Waals surface area contributed by atoms with E-state index in [2.05, 4.69) is 20.8 Å². The second kappa shape index (κ2) is 11.4. The molecule has 3 rings (SSSR count). The third kappa shape index (κ3) is 6.48. The molecule has 3 aromatic rings. The van der Waals surface area contributed by atoms with Gasteiger partial charge in [0, 0.05) is 12.6 Å². The summed E-state index contributed by atoms with van der Waals surface area (Å²) in [7, 11) is 3.10. The average Bonchev–Trinajstić information content (AvgIpc) is 3.30. The van der Waals surface area contributed by atoms with Crippen LogP contribution >= 0.6 is 11.8 Å². The highest BCUT2D eigenvalue weighted by Crippen LogP contribution is 2.33. The summed E-state index contributed by atoms with van der Waals surface area (Å²) in [5.41, 5.74) is 1.46. The first-order valence-electron chi connectivity index (χ1n) is 10.3. The number of nitrogens with one attached hydrogen (secondary N) is 2. The SMILES string of the molecule is COc1ccc(-c2nnc(SCC(=O)Nc3ccccc3C(=O)NCC(C)C)o2)c(OC)c1. The molecule has 10 heteroatoms. The van der Waals surface area contributed by atoms with Crippen LogP contribution in [0.1, 0.15) is 24.2 Å². The lowest BCUT2D eigenvalue weighted by Gasteiger charge is -2.12. The molecule has 2 aromatic carbocycles. The Morgan fingerprint density at radius 3 is 2.61 bits per heavy atom. The van der Waals surface area contributed by atoms with Gasteiger partial charge in [0.2, 0.25) is 5.91 Å². The van der Waals surface area contributed by atoms with E-state index in [9.17, 15) is 9.59 Å². The highest BCUT2D eigenvalue weighted by atomic mass is 32.2. The number of amides is 2. The van der Waals surface area contributed by atoms with Crippen molar-refractivity contribution < 1.29 is 23.5 Å². The molecule has 0 unspecified atom stereocenters. The quantitative estimate of drug-likeness (QED) is 0.429. The largest absolute Gasteiger partial charge is 0.497 e. The highest BCUT2D eigenvalue weighted by molar-refractivity contribution is 7.99. The summed E-state index contributed by atoms with van der Waals surface area (Å²) in [4.78, 5) is 24.9. The lowest BCUT2D eigenvalue weighted by Crippen LogP contribution is -2.28. The van der Waals surface area contributed by atoms with Gasteiger partial charge in [-0.3, -0.25) is 9.59 Å². The number of carbonyl (C=O) groups excluding carboxylic acids is 2. The van der Waals surface area contributed by atoms with E-state index >= 15 is 0 Å². The van der Waals surface area contributed by atoms with Crippen molar-refractivity contribution in [1.29, 1.82) is 0 Å². The number of anilines is 1. The molecule has 0 fully saturated rings. The zero-order chi connectivity index (χ0) is 23.8. The van der Waals surface area contributed by atoms with Gasteiger partial charge in [0.1, 0.15) is 11.5 Å². The molecule has 0 saturated carbocycles. The van der Waals surface area contributed by atoms with Crippen LogP contribution in [-0.2, 0) is 4.79 Å². The summed E-state index contributed by atoms with van der Waals surface area (Å²) in [6.07, 6.45) is 0. The minimum atomic E-state index is -0.300. The number of hydrogen-bond acceptors (Lipinski definition) is 8. The van der Waals surface area contributed by atoms with Crippen LogP contribution in [0, 0.1) is 5.92 Å². The Bertz CT molecular complexity index is 1120. The molecule has 0 spiro atoms. The molecular weight excluding hydrogens is 444 g/mol. The third-order valence-electron chi connectivity index (χ3n) is 4.49. The minimum absolute atomic E-state index is 0.0311. The molecule has 33 heavy (non-hydrogen) atoms. The standard InChI is InChI=1S/C23H26N4O5S/c1-14(2)12-24-21(29)16-7-5-6-8-18(16)25-20(28)13-33-23-27-26-22(32-23)17-10-9-15(30-3)11-19(17)31-4/h5-11,14H,12-13H2,1-4H3,(H,24,29)(H,25,28). The zero-order valence-corrected chi connectivity index (χ0v) is 19.7. The summed E-state index contributed by atoms with van der Waals surface area (Å²) in [5.74, 6) is 1.25. The second-order valence-electron chi connectivity index (χ2n) is 7.43. The van der Waals surface area contributed by atoms with Crippen molar-refractivity contribution in [1.82, 2.24) is 15.5 Å². The number of nitrogens with zero attached hydrogens (tertiary/aromatic N) is 2. The minimum Gasteiger partial charge on any atom is -0.497 e. The molecule has 0 radical (unpaired) electrons. The van der Waals surface area contributed by atoms with Gasteiger partial charge in [-0.15, -0.1) is 10.2 Å². The van der Waals surface area contributed by atoms with Crippen LogP contribution in [0.5, 0.6) is 11.5 Å². The molecule has 0 atom stereocenters.